The highest BCUT2D eigenvalue weighted by Gasteiger charge is 2.19. The summed E-state index contributed by atoms with van der Waals surface area (Å²) in [5.41, 5.74) is 6.76. The van der Waals surface area contributed by atoms with Gasteiger partial charge in [0.1, 0.15) is 49.4 Å². The Bertz CT molecular complexity index is 1940. The standard InChI is InChI=1S/C49H48N4O4/c1-5-13-40(14-6-1)33-54-46-25-44(26-47(29-46)55-34-41-15-7-2-8-16-41)31-50-21-23-52(37-50)39-53-24-22-51(38-53)32-45-27-48(56-35-42-17-9-3-10-18-42)30-49(28-45)57-36-43-19-11-4-12-20-43/h1-30H,31-39H2. The molecular formula is C49H48N4O4. The van der Waals surface area contributed by atoms with Gasteiger partial charge in [-0.15, -0.1) is 0 Å². The average molecular weight is 757 g/mol. The maximum atomic E-state index is 6.27. The molecule has 6 aromatic carbocycles. The van der Waals surface area contributed by atoms with E-state index in [1.165, 1.54) is 0 Å². The number of rotatable bonds is 18. The molecule has 57 heavy (non-hydrogen) atoms. The Morgan fingerprint density at radius 1 is 0.316 bits per heavy atom. The highest BCUT2D eigenvalue weighted by molar-refractivity contribution is 5.40. The maximum absolute atomic E-state index is 6.27. The quantitative estimate of drug-likeness (QED) is 0.0860. The highest BCUT2D eigenvalue weighted by atomic mass is 16.5. The first-order chi connectivity index (χ1) is 28.1. The summed E-state index contributed by atoms with van der Waals surface area (Å²) in [7, 11) is 0. The van der Waals surface area contributed by atoms with Crippen LogP contribution in [0.2, 0.25) is 0 Å². The van der Waals surface area contributed by atoms with E-state index in [0.29, 0.717) is 26.4 Å². The molecule has 0 spiro atoms. The van der Waals surface area contributed by atoms with Crippen LogP contribution in [0.5, 0.6) is 23.0 Å². The fraction of sp³-hybridized carbons (Fsp3) is 0.184. The first kappa shape index (κ1) is 37.1. The lowest BCUT2D eigenvalue weighted by Gasteiger charge is -2.28. The monoisotopic (exact) mass is 756 g/mol. The summed E-state index contributed by atoms with van der Waals surface area (Å²) in [5.74, 6) is 3.18. The molecule has 0 saturated heterocycles. The van der Waals surface area contributed by atoms with Gasteiger partial charge in [0.15, 0.2) is 0 Å². The summed E-state index contributed by atoms with van der Waals surface area (Å²) >= 11 is 0. The van der Waals surface area contributed by atoms with E-state index in [1.54, 1.807) is 0 Å². The van der Waals surface area contributed by atoms with E-state index in [2.05, 4.69) is 117 Å². The lowest BCUT2D eigenvalue weighted by molar-refractivity contribution is 0.159. The van der Waals surface area contributed by atoms with Crippen molar-refractivity contribution in [3.63, 3.8) is 0 Å². The second-order valence-corrected chi connectivity index (χ2v) is 14.4. The molecule has 0 aliphatic carbocycles. The van der Waals surface area contributed by atoms with E-state index in [0.717, 1.165) is 89.5 Å². The molecule has 8 rings (SSSR count). The van der Waals surface area contributed by atoms with Crippen molar-refractivity contribution in [2.24, 2.45) is 0 Å². The zero-order valence-electron chi connectivity index (χ0n) is 32.1. The molecule has 6 aromatic rings. The summed E-state index contributed by atoms with van der Waals surface area (Å²) in [5, 5.41) is 0. The van der Waals surface area contributed by atoms with E-state index < -0.39 is 0 Å². The molecule has 8 heteroatoms. The number of ether oxygens (including phenoxy) is 4. The predicted octanol–water partition coefficient (Wildman–Crippen LogP) is 9.75. The second kappa shape index (κ2) is 18.7. The zero-order valence-corrected chi connectivity index (χ0v) is 32.1. The van der Waals surface area contributed by atoms with Crippen molar-refractivity contribution in [2.75, 3.05) is 20.0 Å². The fourth-order valence-electron chi connectivity index (χ4n) is 6.86. The molecule has 2 aliphatic heterocycles. The van der Waals surface area contributed by atoms with E-state index in [9.17, 15) is 0 Å². The minimum atomic E-state index is 0.497. The van der Waals surface area contributed by atoms with Gasteiger partial charge in [0, 0.05) is 50.0 Å². The zero-order chi connectivity index (χ0) is 38.5. The first-order valence-corrected chi connectivity index (χ1v) is 19.4. The van der Waals surface area contributed by atoms with Crippen molar-refractivity contribution in [1.29, 1.82) is 0 Å². The van der Waals surface area contributed by atoms with E-state index >= 15 is 0 Å². The van der Waals surface area contributed by atoms with Crippen LogP contribution in [0.1, 0.15) is 33.4 Å². The summed E-state index contributed by atoms with van der Waals surface area (Å²) in [6.45, 7) is 5.79. The van der Waals surface area contributed by atoms with Gasteiger partial charge < -0.3 is 38.5 Å². The number of hydrogen-bond acceptors (Lipinski definition) is 8. The number of nitrogens with zero attached hydrogens (tertiary/aromatic N) is 4. The predicted molar refractivity (Wildman–Crippen MR) is 224 cm³/mol. The Hall–Kier alpha value is -6.80. The third kappa shape index (κ3) is 11.1. The number of benzene rings is 6. The molecule has 0 bridgehead atoms. The Morgan fingerprint density at radius 3 is 0.895 bits per heavy atom. The third-order valence-electron chi connectivity index (χ3n) is 9.71. The van der Waals surface area contributed by atoms with Crippen LogP contribution < -0.4 is 18.9 Å². The second-order valence-electron chi connectivity index (χ2n) is 14.4. The van der Waals surface area contributed by atoms with E-state index in [-0.39, 0.29) is 0 Å². The molecule has 0 amide bonds. The van der Waals surface area contributed by atoms with Gasteiger partial charge in [-0.25, -0.2) is 0 Å². The molecule has 0 fully saturated rings. The Kier molecular flexibility index (Phi) is 12.2. The van der Waals surface area contributed by atoms with Gasteiger partial charge in [-0.3, -0.25) is 0 Å². The minimum Gasteiger partial charge on any atom is -0.489 e. The summed E-state index contributed by atoms with van der Waals surface area (Å²) in [4.78, 5) is 9.27. The normalized spacial score (nSPS) is 13.3. The smallest absolute Gasteiger partial charge is 0.123 e. The molecule has 0 unspecified atom stereocenters. The van der Waals surface area contributed by atoms with Gasteiger partial charge >= 0.3 is 0 Å². The molecule has 8 nitrogen and oxygen atoms in total. The van der Waals surface area contributed by atoms with E-state index in [1.807, 2.05) is 84.9 Å². The molecular weight excluding hydrogens is 709 g/mol. The highest BCUT2D eigenvalue weighted by Crippen LogP contribution is 2.28. The van der Waals surface area contributed by atoms with Gasteiger partial charge in [-0.2, -0.15) is 0 Å². The van der Waals surface area contributed by atoms with Gasteiger partial charge in [-0.1, -0.05) is 121 Å². The fourth-order valence-corrected chi connectivity index (χ4v) is 6.86. The van der Waals surface area contributed by atoms with Gasteiger partial charge in [-0.05, 0) is 57.6 Å². The molecule has 288 valence electrons. The Labute approximate surface area is 336 Å². The van der Waals surface area contributed by atoms with Crippen molar-refractivity contribution in [2.45, 2.75) is 39.5 Å². The molecule has 2 heterocycles. The van der Waals surface area contributed by atoms with Crippen molar-refractivity contribution in [3.8, 4) is 23.0 Å². The summed E-state index contributed by atoms with van der Waals surface area (Å²) in [6, 6.07) is 53.4. The van der Waals surface area contributed by atoms with Crippen LogP contribution in [0.25, 0.3) is 0 Å². The molecule has 0 radical (unpaired) electrons. The van der Waals surface area contributed by atoms with Crippen LogP contribution in [0.15, 0.2) is 183 Å². The lowest BCUT2D eigenvalue weighted by atomic mass is 10.2. The van der Waals surface area contributed by atoms with Crippen LogP contribution in [-0.4, -0.2) is 39.6 Å². The Morgan fingerprint density at radius 2 is 0.596 bits per heavy atom. The van der Waals surface area contributed by atoms with Gasteiger partial charge in [0.05, 0.1) is 20.0 Å². The van der Waals surface area contributed by atoms with Crippen LogP contribution in [-0.2, 0) is 39.5 Å². The van der Waals surface area contributed by atoms with E-state index in [4.69, 9.17) is 18.9 Å². The summed E-state index contributed by atoms with van der Waals surface area (Å²) < 4.78 is 25.1. The van der Waals surface area contributed by atoms with Crippen LogP contribution in [0, 0.1) is 0 Å². The molecule has 0 N–H and O–H groups in total. The maximum Gasteiger partial charge on any atom is 0.123 e. The van der Waals surface area contributed by atoms with Crippen molar-refractivity contribution < 1.29 is 18.9 Å². The lowest BCUT2D eigenvalue weighted by Crippen LogP contribution is -2.35. The van der Waals surface area contributed by atoms with Crippen molar-refractivity contribution in [3.05, 3.63) is 216 Å². The average Bonchev–Trinajstić information content (AvgIpc) is 3.90. The van der Waals surface area contributed by atoms with Crippen LogP contribution >= 0.6 is 0 Å². The largest absolute Gasteiger partial charge is 0.489 e. The third-order valence-corrected chi connectivity index (χ3v) is 9.71. The van der Waals surface area contributed by atoms with Gasteiger partial charge in [0.2, 0.25) is 0 Å². The summed E-state index contributed by atoms with van der Waals surface area (Å²) in [6.07, 6.45) is 8.67. The molecule has 0 aromatic heterocycles. The van der Waals surface area contributed by atoms with Crippen LogP contribution in [0.3, 0.4) is 0 Å². The molecule has 2 aliphatic rings. The van der Waals surface area contributed by atoms with Crippen molar-refractivity contribution >= 4 is 0 Å². The topological polar surface area (TPSA) is 49.9 Å². The SMILES string of the molecule is C1=CN(CN2C=CN(Cc3cc(OCc4ccccc4)cc(OCc4ccccc4)c3)C2)CN1Cc1cc(OCc2ccccc2)cc(OCc2ccccc2)c1. The molecule has 0 atom stereocenters. The number of hydrogen-bond donors (Lipinski definition) is 0. The molecule has 0 saturated carbocycles. The van der Waals surface area contributed by atoms with Gasteiger partial charge in [0.25, 0.3) is 0 Å². The van der Waals surface area contributed by atoms with Crippen molar-refractivity contribution in [1.82, 2.24) is 19.6 Å². The Balaban J connectivity index is 0.860. The minimum absolute atomic E-state index is 0.497. The first-order valence-electron chi connectivity index (χ1n) is 19.4. The van der Waals surface area contributed by atoms with Crippen LogP contribution in [0.4, 0.5) is 0 Å².